The average molecular weight is 495 g/mol. The van der Waals surface area contributed by atoms with E-state index in [-0.39, 0.29) is 10.3 Å². The molecule has 0 radical (unpaired) electrons. The molecule has 0 amide bonds. The largest absolute Gasteiger partial charge is 0.462 e. The standard InChI is InChI=1S/C12H17Br2NO4S3/c1-7(2)19-12(16)9(4-5-20-3)15-22(17,18)10-6-8(13)11(14)21-10/h6-7,9,15H,4-5H2,1-3H3. The summed E-state index contributed by atoms with van der Waals surface area (Å²) in [4.78, 5) is 12.1. The molecule has 0 bridgehead atoms. The maximum Gasteiger partial charge on any atom is 0.324 e. The summed E-state index contributed by atoms with van der Waals surface area (Å²) in [6.45, 7) is 3.46. The van der Waals surface area contributed by atoms with Gasteiger partial charge in [0.25, 0.3) is 10.0 Å². The first kappa shape index (κ1) is 20.4. The van der Waals surface area contributed by atoms with Gasteiger partial charge in [-0.2, -0.15) is 16.5 Å². The van der Waals surface area contributed by atoms with Crippen molar-refractivity contribution in [3.63, 3.8) is 0 Å². The van der Waals surface area contributed by atoms with Crippen LogP contribution in [-0.4, -0.2) is 38.5 Å². The highest BCUT2D eigenvalue weighted by Gasteiger charge is 2.28. The molecule has 22 heavy (non-hydrogen) atoms. The summed E-state index contributed by atoms with van der Waals surface area (Å²) in [5.41, 5.74) is 0. The number of halogens is 2. The molecule has 1 rings (SSSR count). The number of hydrogen-bond donors (Lipinski definition) is 1. The fraction of sp³-hybridized carbons (Fsp3) is 0.583. The Balaban J connectivity index is 2.93. The molecule has 0 spiro atoms. The first-order valence-corrected chi connectivity index (χ1v) is 11.6. The number of carbonyl (C=O) groups excluding carboxylic acids is 1. The molecular formula is C12H17Br2NO4S3. The zero-order valence-corrected chi connectivity index (χ0v) is 17.9. The van der Waals surface area contributed by atoms with Crippen LogP contribution >= 0.6 is 55.0 Å². The Morgan fingerprint density at radius 2 is 2.09 bits per heavy atom. The lowest BCUT2D eigenvalue weighted by Gasteiger charge is -2.18. The fourth-order valence-corrected chi connectivity index (χ4v) is 6.01. The van der Waals surface area contributed by atoms with E-state index in [1.165, 1.54) is 17.8 Å². The summed E-state index contributed by atoms with van der Waals surface area (Å²) < 4.78 is 33.9. The SMILES string of the molecule is CSCCC(NS(=O)(=O)c1cc(Br)c(Br)s1)C(=O)OC(C)C. The van der Waals surface area contributed by atoms with Crippen molar-refractivity contribution >= 4 is 71.0 Å². The van der Waals surface area contributed by atoms with Gasteiger partial charge in [0.15, 0.2) is 0 Å². The summed E-state index contributed by atoms with van der Waals surface area (Å²) in [5, 5.41) is 0. The Morgan fingerprint density at radius 1 is 1.45 bits per heavy atom. The second-order valence-corrected chi connectivity index (χ2v) is 10.8. The number of rotatable bonds is 8. The van der Waals surface area contributed by atoms with Crippen LogP contribution in [-0.2, 0) is 19.6 Å². The Morgan fingerprint density at radius 3 is 2.55 bits per heavy atom. The molecule has 0 aromatic carbocycles. The van der Waals surface area contributed by atoms with E-state index in [4.69, 9.17) is 4.74 Å². The topological polar surface area (TPSA) is 72.5 Å². The predicted octanol–water partition coefficient (Wildman–Crippen LogP) is 3.62. The van der Waals surface area contributed by atoms with Crippen LogP contribution in [0.2, 0.25) is 0 Å². The van der Waals surface area contributed by atoms with Crippen molar-refractivity contribution in [2.24, 2.45) is 0 Å². The highest BCUT2D eigenvalue weighted by Crippen LogP contribution is 2.34. The maximum absolute atomic E-state index is 12.4. The average Bonchev–Trinajstić information content (AvgIpc) is 2.74. The summed E-state index contributed by atoms with van der Waals surface area (Å²) in [5.74, 6) is 0.0976. The normalized spacial score (nSPS) is 13.4. The summed E-state index contributed by atoms with van der Waals surface area (Å²) in [6.07, 6.45) is 1.98. The van der Waals surface area contributed by atoms with Crippen molar-refractivity contribution in [1.29, 1.82) is 0 Å². The van der Waals surface area contributed by atoms with Crippen LogP contribution in [0.3, 0.4) is 0 Å². The first-order chi connectivity index (χ1) is 10.2. The second kappa shape index (κ2) is 9.03. The monoisotopic (exact) mass is 493 g/mol. The van der Waals surface area contributed by atoms with E-state index in [2.05, 4.69) is 36.6 Å². The number of esters is 1. The molecule has 0 fully saturated rings. The van der Waals surface area contributed by atoms with Gasteiger partial charge in [0.2, 0.25) is 0 Å². The lowest BCUT2D eigenvalue weighted by atomic mass is 10.2. The number of hydrogen-bond acceptors (Lipinski definition) is 6. The second-order valence-electron chi connectivity index (χ2n) is 4.63. The van der Waals surface area contributed by atoms with Crippen molar-refractivity contribution in [3.05, 3.63) is 14.3 Å². The van der Waals surface area contributed by atoms with E-state index in [9.17, 15) is 13.2 Å². The zero-order chi connectivity index (χ0) is 16.9. The molecule has 0 saturated heterocycles. The van der Waals surface area contributed by atoms with Gasteiger partial charge in [-0.25, -0.2) is 8.42 Å². The predicted molar refractivity (Wildman–Crippen MR) is 98.1 cm³/mol. The zero-order valence-electron chi connectivity index (χ0n) is 12.3. The molecule has 1 unspecified atom stereocenters. The minimum absolute atomic E-state index is 0.137. The van der Waals surface area contributed by atoms with Crippen molar-refractivity contribution in [2.75, 3.05) is 12.0 Å². The lowest BCUT2D eigenvalue weighted by Crippen LogP contribution is -2.42. The molecule has 0 aliphatic carbocycles. The highest BCUT2D eigenvalue weighted by molar-refractivity contribution is 9.13. The van der Waals surface area contributed by atoms with E-state index in [0.29, 0.717) is 20.4 Å². The molecule has 10 heteroatoms. The molecule has 0 saturated carbocycles. The molecule has 126 valence electrons. The summed E-state index contributed by atoms with van der Waals surface area (Å²) in [7, 11) is -3.77. The maximum atomic E-state index is 12.4. The van der Waals surface area contributed by atoms with Gasteiger partial charge >= 0.3 is 5.97 Å². The molecule has 1 aromatic heterocycles. The Hall–Kier alpha value is 0.390. The van der Waals surface area contributed by atoms with Crippen LogP contribution in [0.4, 0.5) is 0 Å². The first-order valence-electron chi connectivity index (χ1n) is 6.34. The summed E-state index contributed by atoms with van der Waals surface area (Å²) >= 11 is 9.13. The Kier molecular flexibility index (Phi) is 8.38. The number of thioether (sulfide) groups is 1. The third-order valence-electron chi connectivity index (χ3n) is 2.43. The quantitative estimate of drug-likeness (QED) is 0.558. The van der Waals surface area contributed by atoms with Gasteiger partial charge < -0.3 is 4.74 Å². The molecule has 1 aromatic rings. The van der Waals surface area contributed by atoms with Crippen molar-refractivity contribution in [1.82, 2.24) is 4.72 Å². The number of ether oxygens (including phenoxy) is 1. The van der Waals surface area contributed by atoms with Gasteiger partial charge in [0.1, 0.15) is 10.3 Å². The van der Waals surface area contributed by atoms with Crippen LogP contribution in [0.15, 0.2) is 18.5 Å². The molecule has 1 N–H and O–H groups in total. The molecule has 1 heterocycles. The van der Waals surface area contributed by atoms with Crippen LogP contribution in [0.1, 0.15) is 20.3 Å². The van der Waals surface area contributed by atoms with Crippen molar-refractivity contribution in [3.8, 4) is 0 Å². The van der Waals surface area contributed by atoms with Crippen LogP contribution < -0.4 is 4.72 Å². The van der Waals surface area contributed by atoms with Crippen LogP contribution in [0.25, 0.3) is 0 Å². The smallest absolute Gasteiger partial charge is 0.324 e. The Labute approximate surface area is 155 Å². The third-order valence-corrected chi connectivity index (χ3v) is 8.28. The number of sulfonamides is 1. The van der Waals surface area contributed by atoms with Gasteiger partial charge in [-0.1, -0.05) is 0 Å². The Bertz CT molecular complexity index is 596. The fourth-order valence-electron chi connectivity index (χ4n) is 1.48. The number of carbonyl (C=O) groups is 1. The molecule has 1 atom stereocenters. The van der Waals surface area contributed by atoms with Gasteiger partial charge in [-0.3, -0.25) is 4.79 Å². The van der Waals surface area contributed by atoms with Gasteiger partial charge in [-0.15, -0.1) is 11.3 Å². The van der Waals surface area contributed by atoms with Crippen LogP contribution in [0.5, 0.6) is 0 Å². The van der Waals surface area contributed by atoms with E-state index in [1.807, 2.05) is 6.26 Å². The van der Waals surface area contributed by atoms with E-state index < -0.39 is 22.0 Å². The highest BCUT2D eigenvalue weighted by atomic mass is 79.9. The lowest BCUT2D eigenvalue weighted by molar-refractivity contribution is -0.149. The van der Waals surface area contributed by atoms with Crippen molar-refractivity contribution < 1.29 is 17.9 Å². The van der Waals surface area contributed by atoms with Crippen molar-refractivity contribution in [2.45, 2.75) is 36.6 Å². The summed E-state index contributed by atoms with van der Waals surface area (Å²) in [6, 6.07) is 0.607. The van der Waals surface area contributed by atoms with Gasteiger partial charge in [0.05, 0.1) is 9.89 Å². The molecule has 5 nitrogen and oxygen atoms in total. The minimum atomic E-state index is -3.77. The number of thiophene rings is 1. The van der Waals surface area contributed by atoms with Gasteiger partial charge in [0, 0.05) is 4.47 Å². The molecule has 0 aliphatic rings. The van der Waals surface area contributed by atoms with Gasteiger partial charge in [-0.05, 0) is 70.2 Å². The van der Waals surface area contributed by atoms with E-state index >= 15 is 0 Å². The van der Waals surface area contributed by atoms with E-state index in [1.54, 1.807) is 13.8 Å². The molecular weight excluding hydrogens is 478 g/mol. The minimum Gasteiger partial charge on any atom is -0.462 e. The number of nitrogens with one attached hydrogen (secondary N) is 1. The van der Waals surface area contributed by atoms with E-state index in [0.717, 1.165) is 11.3 Å². The van der Waals surface area contributed by atoms with Crippen LogP contribution in [0, 0.1) is 0 Å². The molecule has 0 aliphatic heterocycles. The third kappa shape index (κ3) is 6.12.